The zero-order valence-electron chi connectivity index (χ0n) is 14.9. The van der Waals surface area contributed by atoms with Crippen molar-refractivity contribution in [3.63, 3.8) is 0 Å². The molecule has 2 aromatic carbocycles. The van der Waals surface area contributed by atoms with E-state index in [0.29, 0.717) is 22.2 Å². The molecule has 0 saturated carbocycles. The van der Waals surface area contributed by atoms with Gasteiger partial charge in [-0.25, -0.2) is 0 Å². The number of hydrogen-bond donors (Lipinski definition) is 2. The van der Waals surface area contributed by atoms with Gasteiger partial charge in [0, 0.05) is 23.1 Å². The Balaban J connectivity index is 2.08. The van der Waals surface area contributed by atoms with E-state index < -0.39 is 0 Å². The minimum absolute atomic E-state index is 0.0685. The highest BCUT2D eigenvalue weighted by Gasteiger charge is 2.22. The molecule has 6 heteroatoms. The highest BCUT2D eigenvalue weighted by molar-refractivity contribution is 6.14. The first-order chi connectivity index (χ1) is 13.0. The number of fused-ring (bicyclic) bond motifs is 4. The summed E-state index contributed by atoms with van der Waals surface area (Å²) >= 11 is 0. The van der Waals surface area contributed by atoms with Gasteiger partial charge in [0.15, 0.2) is 11.0 Å². The van der Waals surface area contributed by atoms with Gasteiger partial charge in [-0.2, -0.15) is 0 Å². The van der Waals surface area contributed by atoms with E-state index >= 15 is 0 Å². The van der Waals surface area contributed by atoms with Crippen LogP contribution in [0.4, 0.5) is 0 Å². The van der Waals surface area contributed by atoms with E-state index in [1.54, 1.807) is 6.07 Å². The van der Waals surface area contributed by atoms with E-state index in [1.165, 1.54) is 12.1 Å². The number of H-pyrrole nitrogens is 2. The zero-order chi connectivity index (χ0) is 18.7. The molecule has 134 valence electrons. The Labute approximate surface area is 153 Å². The first kappa shape index (κ1) is 15.7. The van der Waals surface area contributed by atoms with Gasteiger partial charge >= 0.3 is 0 Å². The molecule has 27 heavy (non-hydrogen) atoms. The predicted octanol–water partition coefficient (Wildman–Crippen LogP) is 4.17. The fraction of sp³-hybridized carbons (Fsp3) is 0.143. The molecule has 3 heterocycles. The molecule has 5 rings (SSSR count). The number of rotatable bonds is 2. The maximum Gasteiger partial charge on any atom is 0.274 e. The highest BCUT2D eigenvalue weighted by atomic mass is 16.3. The van der Waals surface area contributed by atoms with Crippen LogP contribution < -0.4 is 11.0 Å². The summed E-state index contributed by atoms with van der Waals surface area (Å²) in [6.07, 6.45) is 0. The smallest absolute Gasteiger partial charge is 0.274 e. The fourth-order valence-electron chi connectivity index (χ4n) is 3.68. The number of aromatic nitrogens is 3. The Morgan fingerprint density at radius 3 is 2.56 bits per heavy atom. The normalized spacial score (nSPS) is 12.0. The fourth-order valence-corrected chi connectivity index (χ4v) is 3.68. The molecule has 0 fully saturated rings. The molecule has 0 unspecified atom stereocenters. The summed E-state index contributed by atoms with van der Waals surface area (Å²) < 4.78 is 7.88. The molecule has 0 bridgehead atoms. The van der Waals surface area contributed by atoms with Crippen molar-refractivity contribution >= 4 is 33.1 Å². The first-order valence-corrected chi connectivity index (χ1v) is 8.83. The van der Waals surface area contributed by atoms with E-state index in [2.05, 4.69) is 10.1 Å². The van der Waals surface area contributed by atoms with Crippen LogP contribution in [0.25, 0.3) is 44.2 Å². The second kappa shape index (κ2) is 5.48. The van der Waals surface area contributed by atoms with Gasteiger partial charge in [0.25, 0.3) is 5.56 Å². The van der Waals surface area contributed by atoms with Gasteiger partial charge in [0.1, 0.15) is 11.2 Å². The number of pyridine rings is 1. The third-order valence-electron chi connectivity index (χ3n) is 4.89. The van der Waals surface area contributed by atoms with Crippen LogP contribution in [0, 0.1) is 0 Å². The van der Waals surface area contributed by atoms with Gasteiger partial charge in [0.05, 0.1) is 10.9 Å². The molecule has 0 radical (unpaired) electrons. The summed E-state index contributed by atoms with van der Waals surface area (Å²) in [5.74, 6) is 0. The quantitative estimate of drug-likeness (QED) is 0.496. The average Bonchev–Trinajstić information content (AvgIpc) is 3.18. The van der Waals surface area contributed by atoms with Gasteiger partial charge in [-0.05, 0) is 31.5 Å². The standard InChI is InChI=1S/C21H17N3O3/c1-11(2)24-20-17(21(26)23-24)16(12-6-4-3-5-7-12)19-18(22-20)14-9-8-13(25)10-15(14)27-19/h3-11,22H,1-2H3,(H,23,26). The van der Waals surface area contributed by atoms with Crippen molar-refractivity contribution in [1.29, 1.82) is 0 Å². The summed E-state index contributed by atoms with van der Waals surface area (Å²) in [7, 11) is 0. The molecular weight excluding hydrogens is 342 g/mol. The van der Waals surface area contributed by atoms with Crippen molar-refractivity contribution in [2.24, 2.45) is 0 Å². The van der Waals surface area contributed by atoms with Crippen LogP contribution >= 0.6 is 0 Å². The summed E-state index contributed by atoms with van der Waals surface area (Å²) in [6.45, 7) is 4.01. The number of nitrogens with one attached hydrogen (secondary N) is 2. The van der Waals surface area contributed by atoms with Crippen LogP contribution in [-0.4, -0.2) is 14.8 Å². The molecule has 5 aromatic rings. The Hall–Kier alpha value is -3.54. The van der Waals surface area contributed by atoms with Crippen LogP contribution in [0.2, 0.25) is 0 Å². The molecule has 6 nitrogen and oxygen atoms in total. The SMILES string of the molecule is CC(C)n1[nH]c(=O)c2c(-c3ccccc3)c3oc4cc(=O)ccc4c3[nH]c21. The number of nitrogens with zero attached hydrogens (tertiary/aromatic N) is 1. The Kier molecular flexibility index (Phi) is 3.18. The molecule has 0 atom stereocenters. The molecular formula is C21H17N3O3. The third kappa shape index (κ3) is 2.19. The largest absolute Gasteiger partial charge is 0.454 e. The van der Waals surface area contributed by atoms with Crippen LogP contribution in [0.3, 0.4) is 0 Å². The van der Waals surface area contributed by atoms with Crippen molar-refractivity contribution in [2.75, 3.05) is 0 Å². The van der Waals surface area contributed by atoms with Crippen LogP contribution in [0.1, 0.15) is 19.9 Å². The van der Waals surface area contributed by atoms with E-state index in [4.69, 9.17) is 4.42 Å². The monoisotopic (exact) mass is 359 g/mol. The highest BCUT2D eigenvalue weighted by Crippen LogP contribution is 2.38. The topological polar surface area (TPSA) is 83.8 Å². The number of furan rings is 1. The summed E-state index contributed by atoms with van der Waals surface area (Å²) in [5.41, 5.74) is 3.86. The Morgan fingerprint density at radius 2 is 1.81 bits per heavy atom. The second-order valence-corrected chi connectivity index (χ2v) is 6.96. The van der Waals surface area contributed by atoms with Crippen LogP contribution in [0.15, 0.2) is 62.5 Å². The number of benzene rings is 2. The Bertz CT molecular complexity index is 1430. The molecule has 0 aliphatic heterocycles. The number of aromatic amines is 2. The van der Waals surface area contributed by atoms with Crippen LogP contribution in [0.5, 0.6) is 0 Å². The molecule has 0 spiro atoms. The lowest BCUT2D eigenvalue weighted by Crippen LogP contribution is -2.07. The van der Waals surface area contributed by atoms with E-state index in [9.17, 15) is 9.59 Å². The summed E-state index contributed by atoms with van der Waals surface area (Å²) in [6, 6.07) is 14.5. The maximum atomic E-state index is 12.8. The minimum Gasteiger partial charge on any atom is -0.454 e. The third-order valence-corrected chi connectivity index (χ3v) is 4.89. The van der Waals surface area contributed by atoms with Gasteiger partial charge in [0.2, 0.25) is 0 Å². The summed E-state index contributed by atoms with van der Waals surface area (Å²) in [4.78, 5) is 28.0. The van der Waals surface area contributed by atoms with Crippen molar-refractivity contribution < 1.29 is 4.42 Å². The molecule has 3 aromatic heterocycles. The molecule has 0 aliphatic carbocycles. The summed E-state index contributed by atoms with van der Waals surface area (Å²) in [5, 5.41) is 4.28. The van der Waals surface area contributed by atoms with E-state index in [-0.39, 0.29) is 17.0 Å². The van der Waals surface area contributed by atoms with Gasteiger partial charge in [-0.15, -0.1) is 0 Å². The van der Waals surface area contributed by atoms with E-state index in [1.807, 2.05) is 48.9 Å². The zero-order valence-corrected chi connectivity index (χ0v) is 14.9. The lowest BCUT2D eigenvalue weighted by molar-refractivity contribution is 0.542. The van der Waals surface area contributed by atoms with Crippen molar-refractivity contribution in [2.45, 2.75) is 19.9 Å². The minimum atomic E-state index is -0.180. The van der Waals surface area contributed by atoms with E-state index in [0.717, 1.165) is 22.0 Å². The van der Waals surface area contributed by atoms with Crippen molar-refractivity contribution in [3.8, 4) is 11.1 Å². The maximum absolute atomic E-state index is 12.8. The Morgan fingerprint density at radius 1 is 1.04 bits per heavy atom. The van der Waals surface area contributed by atoms with Crippen molar-refractivity contribution in [3.05, 3.63) is 69.1 Å². The lowest BCUT2D eigenvalue weighted by atomic mass is 10.0. The molecule has 2 N–H and O–H groups in total. The van der Waals surface area contributed by atoms with Gasteiger partial charge in [-0.1, -0.05) is 30.3 Å². The molecule has 0 amide bonds. The first-order valence-electron chi connectivity index (χ1n) is 8.83. The van der Waals surface area contributed by atoms with Gasteiger partial charge < -0.3 is 9.40 Å². The van der Waals surface area contributed by atoms with Gasteiger partial charge in [-0.3, -0.25) is 19.4 Å². The van der Waals surface area contributed by atoms with Crippen LogP contribution in [-0.2, 0) is 0 Å². The lowest BCUT2D eigenvalue weighted by Gasteiger charge is -2.10. The number of hydrogen-bond acceptors (Lipinski definition) is 3. The average molecular weight is 359 g/mol. The molecule has 0 saturated heterocycles. The molecule has 0 aliphatic rings. The predicted molar refractivity (Wildman–Crippen MR) is 106 cm³/mol. The van der Waals surface area contributed by atoms with Crippen molar-refractivity contribution in [1.82, 2.24) is 14.8 Å². The second-order valence-electron chi connectivity index (χ2n) is 6.96.